The molecule has 5 nitrogen and oxygen atoms in total. The number of piperidine rings is 1. The lowest BCUT2D eigenvalue weighted by atomic mass is 10.1. The summed E-state index contributed by atoms with van der Waals surface area (Å²) in [4.78, 5) is 17.9. The Morgan fingerprint density at radius 2 is 2.29 bits per heavy atom. The van der Waals surface area contributed by atoms with Gasteiger partial charge in [-0.2, -0.15) is 0 Å². The second kappa shape index (κ2) is 6.30. The van der Waals surface area contributed by atoms with E-state index in [1.165, 1.54) is 10.1 Å². The molecule has 1 aliphatic rings. The topological polar surface area (TPSA) is 54.5 Å². The first-order valence-corrected chi connectivity index (χ1v) is 8.16. The summed E-state index contributed by atoms with van der Waals surface area (Å²) in [6, 6.07) is 4.49. The average molecular weight is 305 g/mol. The molecule has 1 aliphatic heterocycles. The van der Waals surface area contributed by atoms with E-state index < -0.39 is 0 Å². The fourth-order valence-corrected chi connectivity index (χ4v) is 3.41. The van der Waals surface area contributed by atoms with Crippen molar-refractivity contribution in [2.45, 2.75) is 25.8 Å². The lowest BCUT2D eigenvalue weighted by Gasteiger charge is -2.31. The zero-order chi connectivity index (χ0) is 14.7. The summed E-state index contributed by atoms with van der Waals surface area (Å²) in [7, 11) is 0. The van der Waals surface area contributed by atoms with Crippen LogP contribution in [0.3, 0.4) is 0 Å². The van der Waals surface area contributed by atoms with Gasteiger partial charge in [0.2, 0.25) is 0 Å². The molecule has 1 fully saturated rings. The van der Waals surface area contributed by atoms with Crippen molar-refractivity contribution in [1.82, 2.24) is 9.88 Å². The smallest absolute Gasteiger partial charge is 0.409 e. The van der Waals surface area contributed by atoms with Crippen LogP contribution in [0, 0.1) is 0 Å². The number of hydrogen-bond donors (Lipinski definition) is 1. The second-order valence-corrected chi connectivity index (χ2v) is 6.04. The molecule has 6 heteroatoms. The highest BCUT2D eigenvalue weighted by Crippen LogP contribution is 2.27. The minimum Gasteiger partial charge on any atom is -0.450 e. The van der Waals surface area contributed by atoms with E-state index in [0.29, 0.717) is 12.6 Å². The molecule has 112 valence electrons. The van der Waals surface area contributed by atoms with Gasteiger partial charge in [-0.15, -0.1) is 11.3 Å². The molecule has 0 atom stereocenters. The van der Waals surface area contributed by atoms with Crippen LogP contribution in [0.1, 0.15) is 19.8 Å². The molecular weight excluding hydrogens is 286 g/mol. The number of pyridine rings is 1. The number of hydrogen-bond acceptors (Lipinski definition) is 5. The van der Waals surface area contributed by atoms with Crippen LogP contribution in [-0.2, 0) is 4.74 Å². The number of rotatable bonds is 3. The Hall–Kier alpha value is -1.82. The number of nitrogens with zero attached hydrogens (tertiary/aromatic N) is 2. The molecule has 3 rings (SSSR count). The number of aromatic nitrogens is 1. The molecule has 21 heavy (non-hydrogen) atoms. The van der Waals surface area contributed by atoms with Crippen molar-refractivity contribution in [3.8, 4) is 0 Å². The van der Waals surface area contributed by atoms with Crippen LogP contribution in [0.15, 0.2) is 23.7 Å². The number of likely N-dealkylation sites (tertiary alicyclic amines) is 1. The molecule has 3 heterocycles. The van der Waals surface area contributed by atoms with E-state index >= 15 is 0 Å². The predicted molar refractivity (Wildman–Crippen MR) is 84.9 cm³/mol. The molecule has 2 aromatic heterocycles. The predicted octanol–water partition coefficient (Wildman–Crippen LogP) is 3.33. The highest BCUT2D eigenvalue weighted by atomic mass is 32.1. The number of nitrogens with one attached hydrogen (secondary N) is 1. The highest BCUT2D eigenvalue weighted by Gasteiger charge is 2.23. The minimum absolute atomic E-state index is 0.200. The van der Waals surface area contributed by atoms with Crippen molar-refractivity contribution in [3.05, 3.63) is 23.7 Å². The summed E-state index contributed by atoms with van der Waals surface area (Å²) in [6.45, 7) is 3.73. The summed E-state index contributed by atoms with van der Waals surface area (Å²) < 4.78 is 6.28. The van der Waals surface area contributed by atoms with E-state index in [1.54, 1.807) is 16.2 Å². The molecule has 1 amide bonds. The first kappa shape index (κ1) is 14.1. The molecule has 1 N–H and O–H groups in total. The lowest BCUT2D eigenvalue weighted by Crippen LogP contribution is -2.42. The number of fused-ring (bicyclic) bond motifs is 1. The van der Waals surface area contributed by atoms with Gasteiger partial charge in [-0.05, 0) is 37.3 Å². The second-order valence-electron chi connectivity index (χ2n) is 5.10. The summed E-state index contributed by atoms with van der Waals surface area (Å²) in [5, 5.41) is 6.78. The van der Waals surface area contributed by atoms with E-state index in [1.807, 2.05) is 19.2 Å². The third-order valence-corrected chi connectivity index (χ3v) is 4.62. The van der Waals surface area contributed by atoms with Gasteiger partial charge in [-0.1, -0.05) is 0 Å². The van der Waals surface area contributed by atoms with Crippen molar-refractivity contribution in [3.63, 3.8) is 0 Å². The van der Waals surface area contributed by atoms with Gasteiger partial charge >= 0.3 is 6.09 Å². The molecule has 0 aliphatic carbocycles. The van der Waals surface area contributed by atoms with Crippen LogP contribution in [-0.4, -0.2) is 41.7 Å². The number of amides is 1. The summed E-state index contributed by atoms with van der Waals surface area (Å²) in [5.74, 6) is 0.948. The number of carbonyl (C=O) groups is 1. The maximum absolute atomic E-state index is 11.7. The van der Waals surface area contributed by atoms with E-state index in [-0.39, 0.29) is 6.09 Å². The monoisotopic (exact) mass is 305 g/mol. The highest BCUT2D eigenvalue weighted by molar-refractivity contribution is 7.17. The SMILES string of the molecule is CCOC(=O)N1CCC(Nc2nccc3sccc23)CC1. The number of carbonyl (C=O) groups excluding carboxylic acids is 1. The van der Waals surface area contributed by atoms with Crippen molar-refractivity contribution in [1.29, 1.82) is 0 Å². The van der Waals surface area contributed by atoms with Crippen LogP contribution in [0.2, 0.25) is 0 Å². The number of thiophene rings is 1. The molecule has 1 saturated heterocycles. The van der Waals surface area contributed by atoms with Crippen LogP contribution >= 0.6 is 11.3 Å². The third-order valence-electron chi connectivity index (χ3n) is 3.74. The van der Waals surface area contributed by atoms with Gasteiger partial charge < -0.3 is 15.0 Å². The van der Waals surface area contributed by atoms with E-state index in [2.05, 4.69) is 21.7 Å². The molecule has 0 spiro atoms. The van der Waals surface area contributed by atoms with Crippen LogP contribution in [0.5, 0.6) is 0 Å². The summed E-state index contributed by atoms with van der Waals surface area (Å²) >= 11 is 1.72. The first-order chi connectivity index (χ1) is 10.3. The quantitative estimate of drug-likeness (QED) is 0.945. The molecule has 0 bridgehead atoms. The lowest BCUT2D eigenvalue weighted by molar-refractivity contribution is 0.0983. The van der Waals surface area contributed by atoms with Gasteiger partial charge in [0, 0.05) is 35.4 Å². The van der Waals surface area contributed by atoms with Crippen LogP contribution in [0.25, 0.3) is 10.1 Å². The maximum atomic E-state index is 11.7. The number of ether oxygens (including phenoxy) is 1. The Morgan fingerprint density at radius 1 is 1.48 bits per heavy atom. The van der Waals surface area contributed by atoms with Gasteiger partial charge in [0.15, 0.2) is 0 Å². The zero-order valence-electron chi connectivity index (χ0n) is 12.0. The van der Waals surface area contributed by atoms with Crippen molar-refractivity contribution in [2.75, 3.05) is 25.0 Å². The maximum Gasteiger partial charge on any atom is 0.409 e. The molecular formula is C15H19N3O2S. The minimum atomic E-state index is -0.200. The Morgan fingerprint density at radius 3 is 3.05 bits per heavy atom. The molecule has 2 aromatic rings. The first-order valence-electron chi connectivity index (χ1n) is 7.28. The fraction of sp³-hybridized carbons (Fsp3) is 0.467. The Bertz CT molecular complexity index is 620. The number of anilines is 1. The Balaban J connectivity index is 1.60. The largest absolute Gasteiger partial charge is 0.450 e. The third kappa shape index (κ3) is 3.10. The Labute approximate surface area is 127 Å². The van der Waals surface area contributed by atoms with E-state index in [4.69, 9.17) is 4.74 Å². The summed E-state index contributed by atoms with van der Waals surface area (Å²) in [6.07, 6.45) is 3.48. The van der Waals surface area contributed by atoms with Gasteiger partial charge in [0.1, 0.15) is 5.82 Å². The Kier molecular flexibility index (Phi) is 4.24. The van der Waals surface area contributed by atoms with Crippen molar-refractivity contribution in [2.24, 2.45) is 0 Å². The fourth-order valence-electron chi connectivity index (χ4n) is 2.62. The normalized spacial score (nSPS) is 16.1. The van der Waals surface area contributed by atoms with Gasteiger partial charge in [-0.3, -0.25) is 0 Å². The zero-order valence-corrected chi connectivity index (χ0v) is 12.9. The molecule has 0 aromatic carbocycles. The van der Waals surface area contributed by atoms with Gasteiger partial charge in [0.05, 0.1) is 6.61 Å². The van der Waals surface area contributed by atoms with Crippen molar-refractivity contribution >= 4 is 33.3 Å². The summed E-state index contributed by atoms with van der Waals surface area (Å²) in [5.41, 5.74) is 0. The average Bonchev–Trinajstić information content (AvgIpc) is 2.98. The molecule has 0 radical (unpaired) electrons. The van der Waals surface area contributed by atoms with Gasteiger partial charge in [-0.25, -0.2) is 9.78 Å². The van der Waals surface area contributed by atoms with Crippen LogP contribution < -0.4 is 5.32 Å². The molecule has 0 saturated carbocycles. The van der Waals surface area contributed by atoms with E-state index in [9.17, 15) is 4.79 Å². The van der Waals surface area contributed by atoms with Crippen molar-refractivity contribution < 1.29 is 9.53 Å². The van der Waals surface area contributed by atoms with Gasteiger partial charge in [0.25, 0.3) is 0 Å². The molecule has 0 unspecified atom stereocenters. The van der Waals surface area contributed by atoms with Crippen LogP contribution in [0.4, 0.5) is 10.6 Å². The van der Waals surface area contributed by atoms with E-state index in [0.717, 1.165) is 31.7 Å². The standard InChI is InChI=1S/C15H19N3O2S/c1-2-20-15(19)18-8-4-11(5-9-18)17-14-12-6-10-21-13(12)3-7-16-14/h3,6-7,10-11H,2,4-5,8-9H2,1H3,(H,16,17).